The number of nitrogen functional groups attached to an aromatic ring is 1. The van der Waals surface area contributed by atoms with Gasteiger partial charge in [-0.25, -0.2) is 4.98 Å². The maximum atomic E-state index is 6.14. The van der Waals surface area contributed by atoms with Crippen molar-refractivity contribution in [3.8, 4) is 5.75 Å². The van der Waals surface area contributed by atoms with Crippen LogP contribution in [0.1, 0.15) is 36.1 Å². The summed E-state index contributed by atoms with van der Waals surface area (Å²) in [5, 5.41) is 4.05. The lowest BCUT2D eigenvalue weighted by Crippen LogP contribution is -2.16. The number of benzene rings is 1. The SMILES string of the molecule is Nc1ncc(CNCc2ccccc2OC2CCCC2)s1. The molecule has 1 aromatic heterocycles. The van der Waals surface area contributed by atoms with Crippen molar-refractivity contribution < 1.29 is 4.74 Å². The summed E-state index contributed by atoms with van der Waals surface area (Å²) in [6.45, 7) is 1.58. The lowest BCUT2D eigenvalue weighted by atomic mass is 10.2. The van der Waals surface area contributed by atoms with Gasteiger partial charge in [-0.05, 0) is 31.7 Å². The maximum Gasteiger partial charge on any atom is 0.180 e. The van der Waals surface area contributed by atoms with Crippen LogP contribution < -0.4 is 15.8 Å². The van der Waals surface area contributed by atoms with Gasteiger partial charge in [-0.2, -0.15) is 0 Å². The molecule has 1 heterocycles. The number of hydrogen-bond acceptors (Lipinski definition) is 5. The average molecular weight is 303 g/mol. The molecule has 1 aliphatic rings. The Kier molecular flexibility index (Phi) is 4.72. The number of ether oxygens (including phenoxy) is 1. The van der Waals surface area contributed by atoms with Crippen LogP contribution in [0, 0.1) is 0 Å². The fraction of sp³-hybridized carbons (Fsp3) is 0.438. The van der Waals surface area contributed by atoms with Crippen LogP contribution in [-0.2, 0) is 13.1 Å². The Balaban J connectivity index is 1.56. The van der Waals surface area contributed by atoms with Gasteiger partial charge < -0.3 is 15.8 Å². The molecule has 1 aliphatic carbocycles. The van der Waals surface area contributed by atoms with Gasteiger partial charge in [0.25, 0.3) is 0 Å². The molecule has 0 amide bonds. The standard InChI is InChI=1S/C16H21N3OS/c17-16-19-11-14(21-16)10-18-9-12-5-1-4-8-15(12)20-13-6-2-3-7-13/h1,4-5,8,11,13,18H,2-3,6-7,9-10H2,(H2,17,19). The second kappa shape index (κ2) is 6.91. The summed E-state index contributed by atoms with van der Waals surface area (Å²) in [5.41, 5.74) is 6.85. The summed E-state index contributed by atoms with van der Waals surface area (Å²) in [7, 11) is 0. The molecule has 0 bridgehead atoms. The summed E-state index contributed by atoms with van der Waals surface area (Å²) in [4.78, 5) is 5.21. The van der Waals surface area contributed by atoms with Crippen LogP contribution >= 0.6 is 11.3 Å². The van der Waals surface area contributed by atoms with Crippen molar-refractivity contribution in [1.29, 1.82) is 0 Å². The number of nitrogens with one attached hydrogen (secondary N) is 1. The number of nitrogens with two attached hydrogens (primary N) is 1. The maximum absolute atomic E-state index is 6.14. The molecule has 0 aliphatic heterocycles. The lowest BCUT2D eigenvalue weighted by Gasteiger charge is -2.16. The molecule has 5 heteroatoms. The molecule has 1 fully saturated rings. The first-order chi connectivity index (χ1) is 10.3. The van der Waals surface area contributed by atoms with Gasteiger partial charge in [0, 0.05) is 29.7 Å². The minimum absolute atomic E-state index is 0.396. The van der Waals surface area contributed by atoms with Gasteiger partial charge in [-0.15, -0.1) is 11.3 Å². The molecule has 2 aromatic rings. The van der Waals surface area contributed by atoms with E-state index in [2.05, 4.69) is 28.5 Å². The van der Waals surface area contributed by atoms with E-state index in [0.717, 1.165) is 23.7 Å². The molecular formula is C16H21N3OS. The largest absolute Gasteiger partial charge is 0.490 e. The minimum atomic E-state index is 0.396. The summed E-state index contributed by atoms with van der Waals surface area (Å²) >= 11 is 1.53. The van der Waals surface area contributed by atoms with Crippen molar-refractivity contribution in [2.24, 2.45) is 0 Å². The van der Waals surface area contributed by atoms with Crippen LogP contribution in [0.3, 0.4) is 0 Å². The number of hydrogen-bond donors (Lipinski definition) is 2. The Hall–Kier alpha value is -1.59. The van der Waals surface area contributed by atoms with Crippen LogP contribution in [0.4, 0.5) is 5.13 Å². The number of anilines is 1. The Morgan fingerprint density at radius 1 is 1.24 bits per heavy atom. The lowest BCUT2D eigenvalue weighted by molar-refractivity contribution is 0.207. The van der Waals surface area contributed by atoms with Gasteiger partial charge >= 0.3 is 0 Å². The van der Waals surface area contributed by atoms with Gasteiger partial charge in [0.15, 0.2) is 5.13 Å². The number of para-hydroxylation sites is 1. The van der Waals surface area contributed by atoms with Gasteiger partial charge in [0.2, 0.25) is 0 Å². The molecule has 112 valence electrons. The van der Waals surface area contributed by atoms with E-state index in [1.807, 2.05) is 12.3 Å². The number of thiazole rings is 1. The van der Waals surface area contributed by atoms with E-state index < -0.39 is 0 Å². The van der Waals surface area contributed by atoms with E-state index in [0.29, 0.717) is 11.2 Å². The predicted octanol–water partition coefficient (Wildman–Crippen LogP) is 3.34. The van der Waals surface area contributed by atoms with Crippen LogP contribution in [0.5, 0.6) is 5.75 Å². The summed E-state index contributed by atoms with van der Waals surface area (Å²) in [6, 6.07) is 8.29. The van der Waals surface area contributed by atoms with Gasteiger partial charge in [-0.3, -0.25) is 0 Å². The topological polar surface area (TPSA) is 60.2 Å². The van der Waals surface area contributed by atoms with E-state index in [4.69, 9.17) is 10.5 Å². The highest BCUT2D eigenvalue weighted by atomic mass is 32.1. The molecule has 4 nitrogen and oxygen atoms in total. The van der Waals surface area contributed by atoms with Crippen LogP contribution in [0.25, 0.3) is 0 Å². The van der Waals surface area contributed by atoms with Gasteiger partial charge in [-0.1, -0.05) is 18.2 Å². The van der Waals surface area contributed by atoms with Crippen molar-refractivity contribution in [2.45, 2.75) is 44.9 Å². The van der Waals surface area contributed by atoms with Crippen LogP contribution in [0.15, 0.2) is 30.5 Å². The molecule has 0 unspecified atom stereocenters. The fourth-order valence-electron chi connectivity index (χ4n) is 2.68. The van der Waals surface area contributed by atoms with Crippen molar-refractivity contribution in [3.05, 3.63) is 40.9 Å². The Labute approximate surface area is 129 Å². The molecule has 3 rings (SSSR count). The predicted molar refractivity (Wildman–Crippen MR) is 86.4 cm³/mol. The fourth-order valence-corrected chi connectivity index (χ4v) is 3.33. The van der Waals surface area contributed by atoms with E-state index in [-0.39, 0.29) is 0 Å². The second-order valence-corrected chi connectivity index (χ2v) is 6.55. The highest BCUT2D eigenvalue weighted by Gasteiger charge is 2.17. The van der Waals surface area contributed by atoms with Crippen molar-refractivity contribution in [2.75, 3.05) is 5.73 Å². The van der Waals surface area contributed by atoms with E-state index >= 15 is 0 Å². The molecule has 3 N–H and O–H groups in total. The quantitative estimate of drug-likeness (QED) is 0.859. The molecule has 21 heavy (non-hydrogen) atoms. The van der Waals surface area contributed by atoms with Crippen LogP contribution in [-0.4, -0.2) is 11.1 Å². The number of rotatable bonds is 6. The molecule has 1 aromatic carbocycles. The van der Waals surface area contributed by atoms with Crippen molar-refractivity contribution in [3.63, 3.8) is 0 Å². The smallest absolute Gasteiger partial charge is 0.180 e. The first kappa shape index (κ1) is 14.4. The third-order valence-electron chi connectivity index (χ3n) is 3.75. The first-order valence-corrected chi connectivity index (χ1v) is 8.28. The third kappa shape index (κ3) is 3.95. The molecular weight excluding hydrogens is 282 g/mol. The minimum Gasteiger partial charge on any atom is -0.490 e. The van der Waals surface area contributed by atoms with E-state index in [1.165, 1.54) is 42.6 Å². The van der Waals surface area contributed by atoms with Gasteiger partial charge in [0.05, 0.1) is 6.10 Å². The molecule has 0 radical (unpaired) electrons. The monoisotopic (exact) mass is 303 g/mol. The van der Waals surface area contributed by atoms with Crippen molar-refractivity contribution in [1.82, 2.24) is 10.3 Å². The number of nitrogens with zero attached hydrogens (tertiary/aromatic N) is 1. The zero-order chi connectivity index (χ0) is 14.5. The first-order valence-electron chi connectivity index (χ1n) is 7.47. The highest BCUT2D eigenvalue weighted by molar-refractivity contribution is 7.15. The second-order valence-electron chi connectivity index (χ2n) is 5.40. The number of aromatic nitrogens is 1. The van der Waals surface area contributed by atoms with E-state index in [1.54, 1.807) is 0 Å². The molecule has 1 saturated carbocycles. The summed E-state index contributed by atoms with van der Waals surface area (Å²) in [5.74, 6) is 1.01. The normalized spacial score (nSPS) is 15.4. The molecule has 0 atom stereocenters. The summed E-state index contributed by atoms with van der Waals surface area (Å²) < 4.78 is 6.14. The molecule has 0 saturated heterocycles. The summed E-state index contributed by atoms with van der Waals surface area (Å²) in [6.07, 6.45) is 7.17. The Morgan fingerprint density at radius 3 is 2.81 bits per heavy atom. The highest BCUT2D eigenvalue weighted by Crippen LogP contribution is 2.26. The van der Waals surface area contributed by atoms with Crippen molar-refractivity contribution >= 4 is 16.5 Å². The zero-order valence-electron chi connectivity index (χ0n) is 12.0. The average Bonchev–Trinajstić information content (AvgIpc) is 3.13. The Bertz CT molecular complexity index is 578. The van der Waals surface area contributed by atoms with E-state index in [9.17, 15) is 0 Å². The third-order valence-corrected chi connectivity index (χ3v) is 4.58. The van der Waals surface area contributed by atoms with Crippen LogP contribution in [0.2, 0.25) is 0 Å². The zero-order valence-corrected chi connectivity index (χ0v) is 12.9. The van der Waals surface area contributed by atoms with Gasteiger partial charge in [0.1, 0.15) is 5.75 Å². The molecule has 0 spiro atoms. The Morgan fingerprint density at radius 2 is 2.05 bits per heavy atom.